The van der Waals surface area contributed by atoms with Crippen molar-refractivity contribution < 1.29 is 27.5 Å². The molecule has 3 aromatic rings. The van der Waals surface area contributed by atoms with Crippen LogP contribution in [0.4, 0.5) is 0 Å². The normalized spacial score (nSPS) is 18.7. The standard InChI is InChI=1S/C26H24N2O6S/c1-3-34-25(30)26(20-16-10-11-17-21(20)35(31,32)28-26)23(24(29)33-2)27-22(18-12-6-4-7-13-18)19-14-8-5-9-15-19/h4-17,23,28H,3H2,1-2H3/t23-,26+/m1/s1. The van der Waals surface area contributed by atoms with Gasteiger partial charge in [0.05, 0.1) is 24.3 Å². The second-order valence-corrected chi connectivity index (χ2v) is 9.42. The van der Waals surface area contributed by atoms with Gasteiger partial charge in [-0.05, 0) is 13.0 Å². The van der Waals surface area contributed by atoms with Gasteiger partial charge in [0, 0.05) is 16.7 Å². The summed E-state index contributed by atoms with van der Waals surface area (Å²) in [6.45, 7) is 1.56. The average molecular weight is 493 g/mol. The van der Waals surface area contributed by atoms with Gasteiger partial charge in [-0.15, -0.1) is 0 Å². The average Bonchev–Trinajstić information content (AvgIpc) is 3.13. The molecule has 0 bridgehead atoms. The van der Waals surface area contributed by atoms with Gasteiger partial charge in [-0.25, -0.2) is 18.0 Å². The van der Waals surface area contributed by atoms with Gasteiger partial charge in [-0.2, -0.15) is 4.72 Å². The number of methoxy groups -OCH3 is 1. The summed E-state index contributed by atoms with van der Waals surface area (Å²) in [6.07, 6.45) is 0. The lowest BCUT2D eigenvalue weighted by Gasteiger charge is -2.31. The van der Waals surface area contributed by atoms with Gasteiger partial charge in [-0.3, -0.25) is 4.99 Å². The van der Waals surface area contributed by atoms with Gasteiger partial charge in [0.25, 0.3) is 0 Å². The van der Waals surface area contributed by atoms with Crippen molar-refractivity contribution >= 4 is 27.7 Å². The van der Waals surface area contributed by atoms with Gasteiger partial charge in [0.2, 0.25) is 10.0 Å². The fourth-order valence-electron chi connectivity index (χ4n) is 4.13. The van der Waals surface area contributed by atoms with E-state index in [1.54, 1.807) is 13.0 Å². The van der Waals surface area contributed by atoms with Crippen LogP contribution in [0.3, 0.4) is 0 Å². The Bertz CT molecular complexity index is 1330. The third-order valence-electron chi connectivity index (χ3n) is 5.68. The number of benzene rings is 3. The van der Waals surface area contributed by atoms with Crippen molar-refractivity contribution in [2.24, 2.45) is 4.99 Å². The van der Waals surface area contributed by atoms with Crippen molar-refractivity contribution in [3.05, 3.63) is 102 Å². The number of rotatable bonds is 7. The van der Waals surface area contributed by atoms with Crippen LogP contribution in [0.1, 0.15) is 23.6 Å². The lowest BCUT2D eigenvalue weighted by molar-refractivity contribution is -0.158. The Kier molecular flexibility index (Phi) is 6.81. The van der Waals surface area contributed by atoms with Crippen LogP contribution in [0.2, 0.25) is 0 Å². The predicted octanol–water partition coefficient (Wildman–Crippen LogP) is 2.82. The Labute approximate surface area is 203 Å². The monoisotopic (exact) mass is 492 g/mol. The molecule has 35 heavy (non-hydrogen) atoms. The van der Waals surface area contributed by atoms with Gasteiger partial charge < -0.3 is 9.47 Å². The molecule has 3 aromatic carbocycles. The molecule has 0 fully saturated rings. The van der Waals surface area contributed by atoms with E-state index in [4.69, 9.17) is 14.5 Å². The number of fused-ring (bicyclic) bond motifs is 1. The highest BCUT2D eigenvalue weighted by Crippen LogP contribution is 2.41. The third-order valence-corrected chi connectivity index (χ3v) is 7.21. The molecule has 1 N–H and O–H groups in total. The first-order valence-electron chi connectivity index (χ1n) is 10.9. The Morgan fingerprint density at radius 1 is 0.914 bits per heavy atom. The second kappa shape index (κ2) is 9.81. The number of esters is 2. The van der Waals surface area contributed by atoms with Gasteiger partial charge in [0.15, 0.2) is 11.6 Å². The van der Waals surface area contributed by atoms with Crippen LogP contribution in [-0.2, 0) is 34.6 Å². The maximum Gasteiger partial charge on any atom is 0.334 e. The first-order valence-corrected chi connectivity index (χ1v) is 12.4. The molecule has 180 valence electrons. The van der Waals surface area contributed by atoms with Gasteiger partial charge >= 0.3 is 11.9 Å². The largest absolute Gasteiger partial charge is 0.467 e. The maximum atomic E-state index is 13.5. The Morgan fingerprint density at radius 2 is 1.46 bits per heavy atom. The molecule has 0 unspecified atom stereocenters. The maximum absolute atomic E-state index is 13.5. The molecule has 8 nitrogen and oxygen atoms in total. The molecule has 4 rings (SSSR count). The lowest BCUT2D eigenvalue weighted by Crippen LogP contribution is -2.58. The summed E-state index contributed by atoms with van der Waals surface area (Å²) >= 11 is 0. The van der Waals surface area contributed by atoms with E-state index in [0.29, 0.717) is 16.8 Å². The number of nitrogens with one attached hydrogen (secondary N) is 1. The van der Waals surface area contributed by atoms with Crippen molar-refractivity contribution in [3.8, 4) is 0 Å². The molecule has 2 atom stereocenters. The summed E-state index contributed by atoms with van der Waals surface area (Å²) < 4.78 is 39.0. The quantitative estimate of drug-likeness (QED) is 0.401. The van der Waals surface area contributed by atoms with E-state index in [-0.39, 0.29) is 17.1 Å². The minimum atomic E-state index is -4.16. The van der Waals surface area contributed by atoms with Crippen LogP contribution in [-0.4, -0.2) is 45.8 Å². The second-order valence-electron chi connectivity index (χ2n) is 7.77. The van der Waals surface area contributed by atoms with Crippen molar-refractivity contribution in [2.75, 3.05) is 13.7 Å². The van der Waals surface area contributed by atoms with Crippen molar-refractivity contribution in [3.63, 3.8) is 0 Å². The van der Waals surface area contributed by atoms with E-state index in [9.17, 15) is 18.0 Å². The topological polar surface area (TPSA) is 111 Å². The minimum absolute atomic E-state index is 0.0354. The van der Waals surface area contributed by atoms with Crippen molar-refractivity contribution in [1.29, 1.82) is 0 Å². The molecular weight excluding hydrogens is 468 g/mol. The van der Waals surface area contributed by atoms with Crippen molar-refractivity contribution in [1.82, 2.24) is 4.72 Å². The van der Waals surface area contributed by atoms with Crippen LogP contribution in [0.5, 0.6) is 0 Å². The SMILES string of the molecule is CCOC(=O)[C@]1([C@H](N=C(c2ccccc2)c2ccccc2)C(=O)OC)NS(=O)(=O)c2ccccc21. The van der Waals surface area contributed by atoms with E-state index < -0.39 is 33.5 Å². The number of nitrogens with zero attached hydrogens (tertiary/aromatic N) is 1. The highest BCUT2D eigenvalue weighted by Gasteiger charge is 2.61. The molecule has 9 heteroatoms. The molecule has 0 aromatic heterocycles. The summed E-state index contributed by atoms with van der Waals surface area (Å²) in [6, 6.07) is 22.5. The van der Waals surface area contributed by atoms with Crippen LogP contribution < -0.4 is 4.72 Å². The molecule has 0 spiro atoms. The molecule has 0 amide bonds. The van der Waals surface area contributed by atoms with Crippen LogP contribution in [0, 0.1) is 0 Å². The zero-order valence-electron chi connectivity index (χ0n) is 19.2. The molecule has 0 saturated heterocycles. The summed E-state index contributed by atoms with van der Waals surface area (Å²) in [5, 5.41) is 0. The Morgan fingerprint density at radius 3 is 2.00 bits per heavy atom. The van der Waals surface area contributed by atoms with Crippen LogP contribution in [0.25, 0.3) is 0 Å². The van der Waals surface area contributed by atoms with Gasteiger partial charge in [0.1, 0.15) is 0 Å². The highest BCUT2D eigenvalue weighted by molar-refractivity contribution is 7.90. The first-order chi connectivity index (χ1) is 16.8. The smallest absolute Gasteiger partial charge is 0.334 e. The Hall–Kier alpha value is -3.82. The first kappa shape index (κ1) is 24.3. The third kappa shape index (κ3) is 4.36. The summed E-state index contributed by atoms with van der Waals surface area (Å²) in [4.78, 5) is 31.4. The molecule has 1 aliphatic rings. The van der Waals surface area contributed by atoms with Gasteiger partial charge in [-0.1, -0.05) is 78.9 Å². The molecule has 1 aliphatic heterocycles. The van der Waals surface area contributed by atoms with Crippen molar-refractivity contribution in [2.45, 2.75) is 23.4 Å². The number of carbonyl (C=O) groups excluding carboxylic acids is 2. The van der Waals surface area contributed by atoms with E-state index in [1.807, 2.05) is 60.7 Å². The Balaban J connectivity index is 2.04. The summed E-state index contributed by atoms with van der Waals surface area (Å²) in [7, 11) is -3.00. The van der Waals surface area contributed by atoms with E-state index in [1.165, 1.54) is 18.2 Å². The summed E-state index contributed by atoms with van der Waals surface area (Å²) in [5.41, 5.74) is -0.374. The summed E-state index contributed by atoms with van der Waals surface area (Å²) in [5.74, 6) is -1.85. The molecule has 1 heterocycles. The fraction of sp³-hybridized carbons (Fsp3) is 0.192. The molecular formula is C26H24N2O6S. The zero-order valence-corrected chi connectivity index (χ0v) is 20.0. The number of carbonyl (C=O) groups is 2. The van der Waals surface area contributed by atoms with Crippen LogP contribution in [0.15, 0.2) is 94.8 Å². The lowest BCUT2D eigenvalue weighted by atomic mass is 9.83. The zero-order chi connectivity index (χ0) is 25.1. The number of aliphatic imine (C=N–C) groups is 1. The fourth-order valence-corrected chi connectivity index (χ4v) is 5.75. The molecule has 0 radical (unpaired) electrons. The minimum Gasteiger partial charge on any atom is -0.467 e. The number of sulfonamides is 1. The van der Waals surface area contributed by atoms with E-state index >= 15 is 0 Å². The molecule has 0 aliphatic carbocycles. The molecule has 0 saturated carbocycles. The van der Waals surface area contributed by atoms with E-state index in [0.717, 1.165) is 7.11 Å². The number of ether oxygens (including phenoxy) is 2. The van der Waals surface area contributed by atoms with E-state index in [2.05, 4.69) is 4.72 Å². The van der Waals surface area contributed by atoms with Crippen LogP contribution >= 0.6 is 0 Å². The highest BCUT2D eigenvalue weighted by atomic mass is 32.2. The predicted molar refractivity (Wildman–Crippen MR) is 129 cm³/mol. The number of hydrogen-bond donors (Lipinski definition) is 1. The number of hydrogen-bond acceptors (Lipinski definition) is 7.